The number of methoxy groups -OCH3 is 2. The number of alkyl halides is 3. The van der Waals surface area contributed by atoms with Crippen LogP contribution in [0, 0.1) is 0 Å². The second-order valence-electron chi connectivity index (χ2n) is 11.8. The fraction of sp³-hybridized carbons (Fsp3) is 0.412. The predicted molar refractivity (Wildman–Crippen MR) is 178 cm³/mol. The van der Waals surface area contributed by atoms with Crippen LogP contribution in [0.15, 0.2) is 72.8 Å². The van der Waals surface area contributed by atoms with Crippen LogP contribution in [-0.2, 0) is 16.8 Å². The number of hydrogen-bond donors (Lipinski definition) is 3. The standard InChI is InChI=1S/C32H40N4O2S.C2HF3O2/c1-35(2)27-13-11-25(12-14-27)33-31(39)34-26-16-17-32(24-10-15-28(37-3)29(20-24)38-4)18-19-36(30(32)21-26)22-23-8-6-5-7-9-23;3-2(4,5)1(6)7/h5-15,20,26,30H,16-19,21-22H2,1-4H3,(H2,33,34,39);(H,6,7)/t26-,30+,32+;/m1./s1. The van der Waals surface area contributed by atoms with E-state index in [1.165, 1.54) is 11.1 Å². The Morgan fingerprint density at radius 2 is 1.67 bits per heavy atom. The fourth-order valence-corrected chi connectivity index (χ4v) is 6.75. The topological polar surface area (TPSA) is 86.3 Å². The Bertz CT molecular complexity index is 1470. The van der Waals surface area contributed by atoms with Crippen molar-refractivity contribution in [2.45, 2.75) is 55.9 Å². The van der Waals surface area contributed by atoms with Crippen LogP contribution in [0.2, 0.25) is 0 Å². The normalized spacial score (nSPS) is 20.8. The lowest BCUT2D eigenvalue weighted by atomic mass is 9.65. The summed E-state index contributed by atoms with van der Waals surface area (Å²) in [6.45, 7) is 2.02. The number of rotatable bonds is 8. The number of likely N-dealkylation sites (tertiary alicyclic amines) is 1. The third-order valence-electron chi connectivity index (χ3n) is 8.78. The van der Waals surface area contributed by atoms with E-state index < -0.39 is 12.1 Å². The predicted octanol–water partition coefficient (Wildman–Crippen LogP) is 6.45. The van der Waals surface area contributed by atoms with E-state index in [0.717, 1.165) is 61.6 Å². The van der Waals surface area contributed by atoms with E-state index in [1.54, 1.807) is 14.2 Å². The molecule has 3 atom stereocenters. The highest BCUT2D eigenvalue weighted by Gasteiger charge is 2.51. The highest BCUT2D eigenvalue weighted by Crippen LogP contribution is 2.50. The SMILES string of the molecule is COc1ccc([C@@]23CC[C@@H](NC(=S)Nc4ccc(N(C)C)cc4)C[C@@H]2N(Cc2ccccc2)CC3)cc1OC.O=C(O)C(F)(F)F. The summed E-state index contributed by atoms with van der Waals surface area (Å²) in [6.07, 6.45) is -0.766. The molecule has 0 amide bonds. The average molecular weight is 659 g/mol. The number of nitrogens with zero attached hydrogens (tertiary/aromatic N) is 2. The molecule has 2 fully saturated rings. The molecule has 0 radical (unpaired) electrons. The Labute approximate surface area is 273 Å². The summed E-state index contributed by atoms with van der Waals surface area (Å²) in [5.74, 6) is -1.18. The number of carbonyl (C=O) groups is 1. The first-order valence-electron chi connectivity index (χ1n) is 15.0. The summed E-state index contributed by atoms with van der Waals surface area (Å²) < 4.78 is 43.0. The summed E-state index contributed by atoms with van der Waals surface area (Å²) in [4.78, 5) is 13.7. The lowest BCUT2D eigenvalue weighted by molar-refractivity contribution is -0.192. The van der Waals surface area contributed by atoms with Gasteiger partial charge < -0.3 is 30.1 Å². The first-order valence-corrected chi connectivity index (χ1v) is 15.4. The van der Waals surface area contributed by atoms with Crippen molar-refractivity contribution in [3.8, 4) is 11.5 Å². The minimum Gasteiger partial charge on any atom is -0.493 e. The van der Waals surface area contributed by atoms with Gasteiger partial charge in [-0.2, -0.15) is 13.2 Å². The van der Waals surface area contributed by atoms with Gasteiger partial charge in [0.25, 0.3) is 0 Å². The zero-order valence-electron chi connectivity index (χ0n) is 26.4. The van der Waals surface area contributed by atoms with Gasteiger partial charge in [0.15, 0.2) is 16.6 Å². The molecule has 5 rings (SSSR count). The second kappa shape index (κ2) is 15.0. The maximum absolute atomic E-state index is 10.6. The van der Waals surface area contributed by atoms with Crippen molar-refractivity contribution < 1.29 is 32.5 Å². The number of aliphatic carboxylic acids is 1. The Balaban J connectivity index is 0.000000617. The lowest BCUT2D eigenvalue weighted by Crippen LogP contribution is -2.52. The van der Waals surface area contributed by atoms with Gasteiger partial charge in [0.2, 0.25) is 0 Å². The number of anilines is 2. The summed E-state index contributed by atoms with van der Waals surface area (Å²) in [5, 5.41) is 14.9. The Morgan fingerprint density at radius 1 is 1.02 bits per heavy atom. The summed E-state index contributed by atoms with van der Waals surface area (Å²) in [6, 6.07) is 26.4. The van der Waals surface area contributed by atoms with Gasteiger partial charge in [-0.3, -0.25) is 4.90 Å². The molecule has 1 heterocycles. The highest BCUT2D eigenvalue weighted by molar-refractivity contribution is 7.80. The summed E-state index contributed by atoms with van der Waals surface area (Å²) >= 11 is 5.76. The number of benzene rings is 3. The van der Waals surface area contributed by atoms with Gasteiger partial charge in [0, 0.05) is 49.5 Å². The van der Waals surface area contributed by atoms with Crippen LogP contribution in [0.1, 0.15) is 36.8 Å². The van der Waals surface area contributed by atoms with E-state index >= 15 is 0 Å². The van der Waals surface area contributed by atoms with Gasteiger partial charge in [0.05, 0.1) is 14.2 Å². The van der Waals surface area contributed by atoms with Crippen LogP contribution in [-0.4, -0.2) is 74.2 Å². The Kier molecular flexibility index (Phi) is 11.4. The van der Waals surface area contributed by atoms with Gasteiger partial charge in [-0.15, -0.1) is 0 Å². The lowest BCUT2D eigenvalue weighted by Gasteiger charge is -2.46. The number of fused-ring (bicyclic) bond motifs is 1. The molecule has 1 aliphatic heterocycles. The van der Waals surface area contributed by atoms with E-state index in [2.05, 4.69) is 93.2 Å². The number of carboxylic acid groups (broad SMARTS) is 1. The van der Waals surface area contributed by atoms with E-state index in [1.807, 2.05) is 14.1 Å². The molecule has 0 bridgehead atoms. The Morgan fingerprint density at radius 3 is 2.26 bits per heavy atom. The summed E-state index contributed by atoms with van der Waals surface area (Å²) in [7, 11) is 7.50. The molecule has 1 saturated carbocycles. The van der Waals surface area contributed by atoms with Crippen molar-refractivity contribution in [3.63, 3.8) is 0 Å². The van der Waals surface area contributed by atoms with Crippen LogP contribution < -0.4 is 25.0 Å². The molecule has 3 N–H and O–H groups in total. The van der Waals surface area contributed by atoms with Gasteiger partial charge in [-0.05, 0) is 92.0 Å². The van der Waals surface area contributed by atoms with Crippen molar-refractivity contribution in [2.75, 3.05) is 45.1 Å². The quantitative estimate of drug-likeness (QED) is 0.236. The minimum absolute atomic E-state index is 0.0730. The monoisotopic (exact) mass is 658 g/mol. The molecule has 0 aromatic heterocycles. The zero-order valence-corrected chi connectivity index (χ0v) is 27.3. The molecular weight excluding hydrogens is 617 g/mol. The number of carboxylic acids is 1. The first-order chi connectivity index (χ1) is 21.9. The highest BCUT2D eigenvalue weighted by atomic mass is 32.1. The molecule has 8 nitrogen and oxygen atoms in total. The van der Waals surface area contributed by atoms with Gasteiger partial charge in [0.1, 0.15) is 0 Å². The Hall–Kier alpha value is -4.03. The fourth-order valence-electron chi connectivity index (χ4n) is 6.46. The van der Waals surface area contributed by atoms with E-state index in [0.29, 0.717) is 17.2 Å². The molecule has 3 aromatic carbocycles. The molecule has 0 spiro atoms. The molecule has 3 aromatic rings. The average Bonchev–Trinajstić information content (AvgIpc) is 3.39. The van der Waals surface area contributed by atoms with Crippen LogP contribution in [0.4, 0.5) is 24.5 Å². The van der Waals surface area contributed by atoms with E-state index in [-0.39, 0.29) is 5.41 Å². The smallest absolute Gasteiger partial charge is 0.490 e. The first kappa shape index (κ1) is 34.8. The van der Waals surface area contributed by atoms with Gasteiger partial charge in [-0.1, -0.05) is 36.4 Å². The minimum atomic E-state index is -5.08. The molecule has 1 saturated heterocycles. The number of halogens is 3. The molecular formula is C34H41F3N4O4S. The number of ether oxygens (including phenoxy) is 2. The van der Waals surface area contributed by atoms with Crippen LogP contribution in [0.25, 0.3) is 0 Å². The maximum atomic E-state index is 10.6. The molecule has 1 aliphatic carbocycles. The van der Waals surface area contributed by atoms with E-state index in [4.69, 9.17) is 31.6 Å². The van der Waals surface area contributed by atoms with Crippen molar-refractivity contribution >= 4 is 34.7 Å². The molecule has 0 unspecified atom stereocenters. The van der Waals surface area contributed by atoms with Crippen molar-refractivity contribution in [2.24, 2.45) is 0 Å². The zero-order chi connectivity index (χ0) is 33.5. The number of hydrogen-bond acceptors (Lipinski definition) is 6. The molecule has 12 heteroatoms. The molecule has 248 valence electrons. The third-order valence-corrected chi connectivity index (χ3v) is 9.00. The molecule has 2 aliphatic rings. The van der Waals surface area contributed by atoms with Crippen molar-refractivity contribution in [1.29, 1.82) is 0 Å². The van der Waals surface area contributed by atoms with Gasteiger partial charge >= 0.3 is 12.1 Å². The maximum Gasteiger partial charge on any atom is 0.490 e. The molecule has 46 heavy (non-hydrogen) atoms. The van der Waals surface area contributed by atoms with Crippen LogP contribution >= 0.6 is 12.2 Å². The van der Waals surface area contributed by atoms with Crippen LogP contribution in [0.5, 0.6) is 11.5 Å². The number of thiocarbonyl (C=S) groups is 1. The van der Waals surface area contributed by atoms with Crippen molar-refractivity contribution in [3.05, 3.63) is 83.9 Å². The van der Waals surface area contributed by atoms with E-state index in [9.17, 15) is 13.2 Å². The second-order valence-corrected chi connectivity index (χ2v) is 12.2. The van der Waals surface area contributed by atoms with Crippen molar-refractivity contribution in [1.82, 2.24) is 10.2 Å². The largest absolute Gasteiger partial charge is 0.493 e. The summed E-state index contributed by atoms with van der Waals surface area (Å²) in [5.41, 5.74) is 4.94. The number of nitrogens with one attached hydrogen (secondary N) is 2. The van der Waals surface area contributed by atoms with Gasteiger partial charge in [-0.25, -0.2) is 4.79 Å². The third kappa shape index (κ3) is 8.41. The van der Waals surface area contributed by atoms with Crippen LogP contribution in [0.3, 0.4) is 0 Å².